The van der Waals surface area contributed by atoms with Crippen LogP contribution in [0.15, 0.2) is 206 Å². The van der Waals surface area contributed by atoms with Crippen LogP contribution in [0, 0.1) is 0 Å². The van der Waals surface area contributed by atoms with Gasteiger partial charge in [-0.3, -0.25) is 0 Å². The van der Waals surface area contributed by atoms with Crippen molar-refractivity contribution >= 4 is 65.2 Å². The monoisotopic (exact) mass is 912 g/mol. The Hall–Kier alpha value is -8.50. The van der Waals surface area contributed by atoms with Gasteiger partial charge < -0.3 is 0 Å². The molecule has 12 rings (SSSR count). The summed E-state index contributed by atoms with van der Waals surface area (Å²) in [5.74, 6) is 0. The summed E-state index contributed by atoms with van der Waals surface area (Å²) in [6.45, 7) is 0. The van der Waals surface area contributed by atoms with E-state index in [4.69, 9.17) is 19.9 Å². The molecule has 10 heteroatoms. The van der Waals surface area contributed by atoms with Gasteiger partial charge in [-0.25, -0.2) is 19.9 Å². The van der Waals surface area contributed by atoms with E-state index in [-0.39, 0.29) is 11.3 Å². The Morgan fingerprint density at radius 3 is 1.12 bits per heavy atom. The highest BCUT2D eigenvalue weighted by atomic mass is 19.4. The summed E-state index contributed by atoms with van der Waals surface area (Å²) in [7, 11) is 0. The van der Waals surface area contributed by atoms with Crippen LogP contribution in [0.4, 0.5) is 26.3 Å². The fourth-order valence-electron chi connectivity index (χ4n) is 9.84. The second kappa shape index (κ2) is 15.8. The minimum absolute atomic E-state index is 0.0796. The molecule has 0 fully saturated rings. The molecule has 0 atom stereocenters. The largest absolute Gasteiger partial charge is 0.411 e. The van der Waals surface area contributed by atoms with Crippen molar-refractivity contribution in [3.05, 3.63) is 217 Å². The van der Waals surface area contributed by atoms with E-state index in [1.807, 2.05) is 140 Å². The van der Waals surface area contributed by atoms with Crippen LogP contribution >= 0.6 is 0 Å². The van der Waals surface area contributed by atoms with E-state index < -0.39 is 28.9 Å². The first-order valence-electron chi connectivity index (χ1n) is 22.2. The average molecular weight is 913 g/mol. The van der Waals surface area contributed by atoms with Crippen molar-refractivity contribution in [2.75, 3.05) is 0 Å². The van der Waals surface area contributed by atoms with E-state index in [1.165, 1.54) is 24.3 Å². The number of pyridine rings is 4. The van der Waals surface area contributed by atoms with Gasteiger partial charge in [0.1, 0.15) is 0 Å². The fraction of sp³-hybridized carbons (Fsp3) is 0.0508. The lowest BCUT2D eigenvalue weighted by Crippen LogP contribution is -2.54. The third-order valence-electron chi connectivity index (χ3n) is 13.2. The molecule has 4 nitrogen and oxygen atoms in total. The Bertz CT molecular complexity index is 3990. The van der Waals surface area contributed by atoms with E-state index in [0.717, 1.165) is 78.8 Å². The summed E-state index contributed by atoms with van der Waals surface area (Å²) in [5, 5.41) is 7.22. The van der Waals surface area contributed by atoms with Crippen molar-refractivity contribution in [3.63, 3.8) is 0 Å². The number of halogens is 6. The summed E-state index contributed by atoms with van der Waals surface area (Å²) in [4.78, 5) is 19.9. The highest BCUT2D eigenvalue weighted by Crippen LogP contribution is 2.57. The number of benzene rings is 8. The summed E-state index contributed by atoms with van der Waals surface area (Å²) in [5.41, 5.74) is 0.0220. The molecule has 0 saturated carbocycles. The van der Waals surface area contributed by atoms with Crippen LogP contribution in [-0.4, -0.2) is 32.3 Å². The SMILES string of the molecule is FC(F)(F)C(c1ccc(-c2ccc3ccc4ccc(-c5cccc6ccccc56)nc4c3n2)cc1)(c1cccc(-c2ccc3ccc4ccc(-c5cccc6ccccc56)nc4c3n2)c1)C(F)(F)F. The molecule has 0 spiro atoms. The number of hydrogen-bond donors (Lipinski definition) is 0. The summed E-state index contributed by atoms with van der Waals surface area (Å²) < 4.78 is 94.0. The van der Waals surface area contributed by atoms with Gasteiger partial charge in [0.05, 0.1) is 44.8 Å². The fourth-order valence-corrected chi connectivity index (χ4v) is 9.84. The van der Waals surface area contributed by atoms with Crippen molar-refractivity contribution in [1.82, 2.24) is 19.9 Å². The zero-order chi connectivity index (χ0) is 47.1. The molecule has 69 heavy (non-hydrogen) atoms. The molecule has 0 aliphatic heterocycles. The molecule has 8 aromatic carbocycles. The second-order valence-corrected chi connectivity index (χ2v) is 17.2. The van der Waals surface area contributed by atoms with E-state index in [1.54, 1.807) is 18.2 Å². The quantitative estimate of drug-likeness (QED) is 0.123. The Labute approximate surface area is 390 Å². The Kier molecular flexibility index (Phi) is 9.60. The summed E-state index contributed by atoms with van der Waals surface area (Å²) in [6.07, 6.45) is -11.6. The van der Waals surface area contributed by atoms with Gasteiger partial charge >= 0.3 is 12.4 Å². The predicted molar refractivity (Wildman–Crippen MR) is 264 cm³/mol. The zero-order valence-corrected chi connectivity index (χ0v) is 36.2. The molecule has 0 saturated heterocycles. The highest BCUT2D eigenvalue weighted by Gasteiger charge is 2.72. The number of hydrogen-bond acceptors (Lipinski definition) is 4. The summed E-state index contributed by atoms with van der Waals surface area (Å²) in [6, 6.07) is 59.0. The number of rotatable bonds is 6. The molecule has 0 radical (unpaired) electrons. The maximum atomic E-state index is 15.7. The van der Waals surface area contributed by atoms with Crippen LogP contribution in [0.25, 0.3) is 110 Å². The Morgan fingerprint density at radius 1 is 0.275 bits per heavy atom. The van der Waals surface area contributed by atoms with E-state index in [2.05, 4.69) is 0 Å². The standard InChI is InChI=1S/C59H34F6N4/c60-58(61,62)57(59(63,64)65,43-28-22-37(23-29-43)49-30-24-38-18-20-40-26-32-51(68-55(40)53(38)66-49)47-16-6-10-35-8-1-3-14-45(35)47)44-13-5-12-42(34-44)50-31-25-39-19-21-41-27-33-52(69-56(41)54(39)67-50)48-17-7-11-36-9-2-4-15-46(36)48/h1-34H. The molecule has 12 aromatic rings. The normalized spacial score (nSPS) is 12.5. The van der Waals surface area contributed by atoms with Crippen molar-refractivity contribution in [3.8, 4) is 45.0 Å². The van der Waals surface area contributed by atoms with Crippen molar-refractivity contribution in [1.29, 1.82) is 0 Å². The van der Waals surface area contributed by atoms with Crippen LogP contribution in [0.1, 0.15) is 11.1 Å². The van der Waals surface area contributed by atoms with Crippen LogP contribution in [0.2, 0.25) is 0 Å². The topological polar surface area (TPSA) is 51.6 Å². The lowest BCUT2D eigenvalue weighted by molar-refractivity contribution is -0.288. The highest BCUT2D eigenvalue weighted by molar-refractivity contribution is 6.07. The second-order valence-electron chi connectivity index (χ2n) is 17.2. The molecule has 0 unspecified atom stereocenters. The molecular formula is C59H34F6N4. The lowest BCUT2D eigenvalue weighted by Gasteiger charge is -2.38. The van der Waals surface area contributed by atoms with E-state index >= 15 is 26.3 Å². The third kappa shape index (κ3) is 6.85. The predicted octanol–water partition coefficient (Wildman–Crippen LogP) is 16.3. The van der Waals surface area contributed by atoms with Crippen LogP contribution < -0.4 is 0 Å². The van der Waals surface area contributed by atoms with Crippen LogP contribution in [-0.2, 0) is 5.41 Å². The van der Waals surface area contributed by atoms with Crippen molar-refractivity contribution in [2.24, 2.45) is 0 Å². The number of alkyl halides is 6. The van der Waals surface area contributed by atoms with E-state index in [9.17, 15) is 0 Å². The van der Waals surface area contributed by atoms with E-state index in [0.29, 0.717) is 44.4 Å². The van der Waals surface area contributed by atoms with Crippen LogP contribution in [0.5, 0.6) is 0 Å². The molecule has 332 valence electrons. The van der Waals surface area contributed by atoms with Gasteiger partial charge in [-0.2, -0.15) is 26.3 Å². The molecule has 0 aliphatic rings. The van der Waals surface area contributed by atoms with Gasteiger partial charge in [0.15, 0.2) is 0 Å². The third-order valence-corrected chi connectivity index (χ3v) is 13.2. The average Bonchev–Trinajstić information content (AvgIpc) is 3.37. The van der Waals surface area contributed by atoms with Gasteiger partial charge in [-0.15, -0.1) is 0 Å². The first-order chi connectivity index (χ1) is 33.4. The molecule has 0 amide bonds. The molecule has 4 aromatic heterocycles. The first kappa shape index (κ1) is 41.9. The number of aromatic nitrogens is 4. The molecule has 0 N–H and O–H groups in total. The molecule has 0 aliphatic carbocycles. The minimum atomic E-state index is -5.81. The number of fused-ring (bicyclic) bond motifs is 8. The van der Waals surface area contributed by atoms with Crippen LogP contribution in [0.3, 0.4) is 0 Å². The minimum Gasteiger partial charge on any atom is -0.245 e. The van der Waals surface area contributed by atoms with Gasteiger partial charge in [0.2, 0.25) is 5.41 Å². The zero-order valence-electron chi connectivity index (χ0n) is 36.2. The maximum Gasteiger partial charge on any atom is 0.411 e. The molecular weight excluding hydrogens is 879 g/mol. The Balaban J connectivity index is 0.939. The van der Waals surface area contributed by atoms with Crippen molar-refractivity contribution in [2.45, 2.75) is 17.8 Å². The molecule has 4 heterocycles. The Morgan fingerprint density at radius 2 is 0.652 bits per heavy atom. The lowest BCUT2D eigenvalue weighted by atomic mass is 9.72. The van der Waals surface area contributed by atoms with Gasteiger partial charge in [0, 0.05) is 43.8 Å². The van der Waals surface area contributed by atoms with Crippen molar-refractivity contribution < 1.29 is 26.3 Å². The molecule has 0 bridgehead atoms. The smallest absolute Gasteiger partial charge is 0.245 e. The maximum absolute atomic E-state index is 15.7. The summed E-state index contributed by atoms with van der Waals surface area (Å²) >= 11 is 0. The van der Waals surface area contributed by atoms with Gasteiger partial charge in [-0.05, 0) is 63.0 Å². The first-order valence-corrected chi connectivity index (χ1v) is 22.2. The van der Waals surface area contributed by atoms with Gasteiger partial charge in [0.25, 0.3) is 0 Å². The number of nitrogens with zero attached hydrogens (tertiary/aromatic N) is 4. The van der Waals surface area contributed by atoms with Gasteiger partial charge in [-0.1, -0.05) is 176 Å².